The summed E-state index contributed by atoms with van der Waals surface area (Å²) < 4.78 is 13.6. The van der Waals surface area contributed by atoms with Crippen LogP contribution in [0.3, 0.4) is 0 Å². The first-order chi connectivity index (χ1) is 9.63. The van der Waals surface area contributed by atoms with Gasteiger partial charge in [0.2, 0.25) is 5.95 Å². The zero-order valence-electron chi connectivity index (χ0n) is 10.2. The van der Waals surface area contributed by atoms with Gasteiger partial charge in [0.05, 0.1) is 16.6 Å². The molecule has 0 aliphatic heterocycles. The Labute approximate surface area is 118 Å². The third-order valence-corrected chi connectivity index (χ3v) is 3.03. The van der Waals surface area contributed by atoms with Gasteiger partial charge >= 0.3 is 0 Å². The van der Waals surface area contributed by atoms with E-state index in [4.69, 9.17) is 11.6 Å². The molecule has 0 spiro atoms. The van der Waals surface area contributed by atoms with Gasteiger partial charge in [-0.25, -0.2) is 9.37 Å². The Morgan fingerprint density at radius 2 is 2.00 bits per heavy atom. The lowest BCUT2D eigenvalue weighted by atomic mass is 10.2. The van der Waals surface area contributed by atoms with Gasteiger partial charge in [0.15, 0.2) is 0 Å². The standard InChI is InChI=1S/C14H9ClFN3O/c15-8-5-6-9-12(7-8)18-14(19-13(9)20)17-11-4-2-1-3-10(11)16/h1-7H,(H2,17,18,19,20). The first-order valence-corrected chi connectivity index (χ1v) is 6.22. The molecule has 3 aromatic rings. The molecule has 0 aliphatic carbocycles. The quantitative estimate of drug-likeness (QED) is 0.759. The Kier molecular flexibility index (Phi) is 3.12. The second kappa shape index (κ2) is 4.94. The van der Waals surface area contributed by atoms with Crippen LogP contribution in [-0.4, -0.2) is 9.97 Å². The van der Waals surface area contributed by atoms with E-state index in [1.165, 1.54) is 6.07 Å². The predicted molar refractivity (Wildman–Crippen MR) is 77.1 cm³/mol. The lowest BCUT2D eigenvalue weighted by Gasteiger charge is -2.07. The van der Waals surface area contributed by atoms with Crippen LogP contribution in [0.2, 0.25) is 5.02 Å². The number of nitrogens with zero attached hydrogens (tertiary/aromatic N) is 1. The van der Waals surface area contributed by atoms with Crippen molar-refractivity contribution in [1.82, 2.24) is 9.97 Å². The average molecular weight is 290 g/mol. The Bertz CT molecular complexity index is 847. The summed E-state index contributed by atoms with van der Waals surface area (Å²) in [6.07, 6.45) is 0. The van der Waals surface area contributed by atoms with E-state index in [0.29, 0.717) is 15.9 Å². The van der Waals surface area contributed by atoms with E-state index in [1.54, 1.807) is 36.4 Å². The zero-order valence-corrected chi connectivity index (χ0v) is 10.9. The van der Waals surface area contributed by atoms with Crippen LogP contribution in [0.4, 0.5) is 16.0 Å². The Morgan fingerprint density at radius 1 is 1.20 bits per heavy atom. The van der Waals surface area contributed by atoms with Gasteiger partial charge in [0.1, 0.15) is 5.82 Å². The number of halogens is 2. The van der Waals surface area contributed by atoms with Crippen LogP contribution in [0.1, 0.15) is 0 Å². The van der Waals surface area contributed by atoms with E-state index in [9.17, 15) is 9.18 Å². The van der Waals surface area contributed by atoms with Crippen LogP contribution in [0, 0.1) is 5.82 Å². The van der Waals surface area contributed by atoms with Gasteiger partial charge in [0.25, 0.3) is 5.56 Å². The third-order valence-electron chi connectivity index (χ3n) is 2.80. The smallest absolute Gasteiger partial charge is 0.260 e. The number of hydrogen-bond donors (Lipinski definition) is 2. The van der Waals surface area contributed by atoms with Crippen LogP contribution >= 0.6 is 11.6 Å². The Morgan fingerprint density at radius 3 is 2.80 bits per heavy atom. The molecule has 0 saturated heterocycles. The van der Waals surface area contributed by atoms with E-state index in [2.05, 4.69) is 15.3 Å². The highest BCUT2D eigenvalue weighted by Gasteiger charge is 2.06. The number of H-pyrrole nitrogens is 1. The number of hydrogen-bond acceptors (Lipinski definition) is 3. The van der Waals surface area contributed by atoms with Crippen molar-refractivity contribution in [3.8, 4) is 0 Å². The second-order valence-corrected chi connectivity index (χ2v) is 4.62. The molecule has 6 heteroatoms. The number of benzene rings is 2. The van der Waals surface area contributed by atoms with Gasteiger partial charge in [0, 0.05) is 5.02 Å². The molecule has 20 heavy (non-hydrogen) atoms. The van der Waals surface area contributed by atoms with Gasteiger partial charge in [-0.05, 0) is 30.3 Å². The monoisotopic (exact) mass is 289 g/mol. The number of aromatic amines is 1. The fourth-order valence-electron chi connectivity index (χ4n) is 1.86. The Hall–Kier alpha value is -2.40. The maximum atomic E-state index is 13.6. The normalized spacial score (nSPS) is 10.7. The largest absolute Gasteiger partial charge is 0.323 e. The van der Waals surface area contributed by atoms with Crippen LogP contribution in [-0.2, 0) is 0 Å². The van der Waals surface area contributed by atoms with Crippen molar-refractivity contribution in [3.63, 3.8) is 0 Å². The number of aromatic nitrogens is 2. The lowest BCUT2D eigenvalue weighted by Crippen LogP contribution is -2.11. The molecule has 3 rings (SSSR count). The van der Waals surface area contributed by atoms with Gasteiger partial charge in [-0.3, -0.25) is 9.78 Å². The van der Waals surface area contributed by atoms with E-state index >= 15 is 0 Å². The van der Waals surface area contributed by atoms with Crippen molar-refractivity contribution in [2.45, 2.75) is 0 Å². The maximum Gasteiger partial charge on any atom is 0.260 e. The van der Waals surface area contributed by atoms with E-state index < -0.39 is 5.82 Å². The molecule has 2 N–H and O–H groups in total. The van der Waals surface area contributed by atoms with Crippen molar-refractivity contribution in [2.24, 2.45) is 0 Å². The molecule has 100 valence electrons. The highest BCUT2D eigenvalue weighted by atomic mass is 35.5. The molecule has 0 atom stereocenters. The topological polar surface area (TPSA) is 57.8 Å². The second-order valence-electron chi connectivity index (χ2n) is 4.18. The number of fused-ring (bicyclic) bond motifs is 1. The van der Waals surface area contributed by atoms with Crippen molar-refractivity contribution < 1.29 is 4.39 Å². The molecule has 0 radical (unpaired) electrons. The molecule has 0 bridgehead atoms. The molecular formula is C14H9ClFN3O. The highest BCUT2D eigenvalue weighted by molar-refractivity contribution is 6.31. The molecule has 4 nitrogen and oxygen atoms in total. The van der Waals surface area contributed by atoms with Crippen LogP contribution in [0.5, 0.6) is 0 Å². The van der Waals surface area contributed by atoms with Crippen LogP contribution in [0.15, 0.2) is 47.3 Å². The van der Waals surface area contributed by atoms with Crippen molar-refractivity contribution in [1.29, 1.82) is 0 Å². The summed E-state index contributed by atoms with van der Waals surface area (Å²) in [6, 6.07) is 10.9. The van der Waals surface area contributed by atoms with Gasteiger partial charge in [-0.15, -0.1) is 0 Å². The fraction of sp³-hybridized carbons (Fsp3) is 0. The highest BCUT2D eigenvalue weighted by Crippen LogP contribution is 2.19. The number of anilines is 2. The molecule has 0 fully saturated rings. The molecule has 0 aliphatic rings. The van der Waals surface area contributed by atoms with Crippen LogP contribution in [0.25, 0.3) is 10.9 Å². The first-order valence-electron chi connectivity index (χ1n) is 5.84. The SMILES string of the molecule is O=c1[nH]c(Nc2ccccc2F)nc2cc(Cl)ccc12. The molecular weight excluding hydrogens is 281 g/mol. The number of rotatable bonds is 2. The summed E-state index contributed by atoms with van der Waals surface area (Å²) in [4.78, 5) is 18.7. The predicted octanol–water partition coefficient (Wildman–Crippen LogP) is 3.46. The summed E-state index contributed by atoms with van der Waals surface area (Å²) in [6.45, 7) is 0. The summed E-state index contributed by atoms with van der Waals surface area (Å²) in [5, 5.41) is 3.64. The van der Waals surface area contributed by atoms with Gasteiger partial charge in [-0.1, -0.05) is 23.7 Å². The lowest BCUT2D eigenvalue weighted by molar-refractivity contribution is 0.631. The van der Waals surface area contributed by atoms with E-state index in [-0.39, 0.29) is 17.2 Å². The van der Waals surface area contributed by atoms with Crippen LogP contribution < -0.4 is 10.9 Å². The summed E-state index contributed by atoms with van der Waals surface area (Å²) >= 11 is 5.88. The van der Waals surface area contributed by atoms with Gasteiger partial charge < -0.3 is 5.32 Å². The fourth-order valence-corrected chi connectivity index (χ4v) is 2.03. The molecule has 1 heterocycles. The minimum absolute atomic E-state index is 0.162. The molecule has 0 unspecified atom stereocenters. The molecule has 0 amide bonds. The molecule has 1 aromatic heterocycles. The summed E-state index contributed by atoms with van der Waals surface area (Å²) in [5.74, 6) is -0.267. The third kappa shape index (κ3) is 2.35. The Balaban J connectivity index is 2.09. The van der Waals surface area contributed by atoms with E-state index in [1.807, 2.05) is 0 Å². The molecule has 0 saturated carbocycles. The van der Waals surface area contributed by atoms with Gasteiger partial charge in [-0.2, -0.15) is 0 Å². The molecule has 2 aromatic carbocycles. The zero-order chi connectivity index (χ0) is 14.1. The maximum absolute atomic E-state index is 13.6. The van der Waals surface area contributed by atoms with E-state index in [0.717, 1.165) is 0 Å². The average Bonchev–Trinajstić information content (AvgIpc) is 2.41. The summed E-state index contributed by atoms with van der Waals surface area (Å²) in [7, 11) is 0. The number of nitrogens with one attached hydrogen (secondary N) is 2. The minimum atomic E-state index is -0.429. The summed E-state index contributed by atoms with van der Waals surface area (Å²) in [5.41, 5.74) is 0.364. The van der Waals surface area contributed by atoms with Crippen molar-refractivity contribution >= 4 is 34.1 Å². The van der Waals surface area contributed by atoms with Crippen molar-refractivity contribution in [3.05, 3.63) is 63.7 Å². The minimum Gasteiger partial charge on any atom is -0.323 e. The number of para-hydroxylation sites is 1. The first kappa shape index (κ1) is 12.6. The van der Waals surface area contributed by atoms with Crippen molar-refractivity contribution in [2.75, 3.05) is 5.32 Å².